The molecule has 19 heavy (non-hydrogen) atoms. The van der Waals surface area contributed by atoms with Gasteiger partial charge in [0.25, 0.3) is 0 Å². The first kappa shape index (κ1) is 14.8. The van der Waals surface area contributed by atoms with Crippen LogP contribution < -0.4 is 5.32 Å². The standard InChI is InChI=1S/C14H27N3O2/c1-16(13-4-11-19-12-5-13)14(18)3-2-8-17-9-6-15-7-10-17/h13,15H,2-12H2,1H3. The summed E-state index contributed by atoms with van der Waals surface area (Å²) in [6, 6.07) is 0.389. The lowest BCUT2D eigenvalue weighted by atomic mass is 10.1. The maximum Gasteiger partial charge on any atom is 0.222 e. The Labute approximate surface area is 116 Å². The highest BCUT2D eigenvalue weighted by atomic mass is 16.5. The molecule has 0 spiro atoms. The fraction of sp³-hybridized carbons (Fsp3) is 0.929. The molecular weight excluding hydrogens is 242 g/mol. The predicted octanol–water partition coefficient (Wildman–Crippen LogP) is 0.309. The topological polar surface area (TPSA) is 44.8 Å². The van der Waals surface area contributed by atoms with Crippen molar-refractivity contribution in [2.24, 2.45) is 0 Å². The fourth-order valence-corrected chi connectivity index (χ4v) is 2.84. The number of nitrogens with one attached hydrogen (secondary N) is 1. The minimum Gasteiger partial charge on any atom is -0.381 e. The van der Waals surface area contributed by atoms with Crippen LogP contribution in [0.3, 0.4) is 0 Å². The summed E-state index contributed by atoms with van der Waals surface area (Å²) in [4.78, 5) is 16.5. The average molecular weight is 269 g/mol. The maximum atomic E-state index is 12.1. The van der Waals surface area contributed by atoms with Crippen molar-refractivity contribution in [1.82, 2.24) is 15.1 Å². The third-order valence-electron chi connectivity index (χ3n) is 4.21. The van der Waals surface area contributed by atoms with Gasteiger partial charge in [-0.15, -0.1) is 0 Å². The first-order chi connectivity index (χ1) is 9.27. The molecular formula is C14H27N3O2. The number of amides is 1. The number of nitrogens with zero attached hydrogens (tertiary/aromatic N) is 2. The number of ether oxygens (including phenoxy) is 1. The van der Waals surface area contributed by atoms with Gasteiger partial charge >= 0.3 is 0 Å². The van der Waals surface area contributed by atoms with Gasteiger partial charge < -0.3 is 19.9 Å². The molecule has 1 N–H and O–H groups in total. The van der Waals surface area contributed by atoms with Gasteiger partial charge in [0.1, 0.15) is 0 Å². The molecule has 0 atom stereocenters. The van der Waals surface area contributed by atoms with E-state index < -0.39 is 0 Å². The van der Waals surface area contributed by atoms with Crippen LogP contribution >= 0.6 is 0 Å². The highest BCUT2D eigenvalue weighted by Crippen LogP contribution is 2.14. The second-order valence-electron chi connectivity index (χ2n) is 5.54. The first-order valence-electron chi connectivity index (χ1n) is 7.54. The Balaban J connectivity index is 1.62. The van der Waals surface area contributed by atoms with Gasteiger partial charge in [0.05, 0.1) is 0 Å². The Morgan fingerprint density at radius 1 is 1.32 bits per heavy atom. The zero-order chi connectivity index (χ0) is 13.5. The van der Waals surface area contributed by atoms with Gasteiger partial charge in [0.2, 0.25) is 5.91 Å². The third kappa shape index (κ3) is 4.75. The van der Waals surface area contributed by atoms with Crippen LogP contribution in [0.4, 0.5) is 0 Å². The summed E-state index contributed by atoms with van der Waals surface area (Å²) < 4.78 is 5.34. The van der Waals surface area contributed by atoms with E-state index in [1.165, 1.54) is 0 Å². The van der Waals surface area contributed by atoms with Crippen LogP contribution in [0.15, 0.2) is 0 Å². The Bertz CT molecular complexity index is 274. The number of piperazine rings is 1. The van der Waals surface area contributed by atoms with Gasteiger partial charge in [-0.1, -0.05) is 0 Å². The van der Waals surface area contributed by atoms with E-state index in [0.717, 1.165) is 65.2 Å². The van der Waals surface area contributed by atoms with Crippen molar-refractivity contribution in [3.05, 3.63) is 0 Å². The van der Waals surface area contributed by atoms with Crippen molar-refractivity contribution in [2.75, 3.05) is 53.0 Å². The second-order valence-corrected chi connectivity index (χ2v) is 5.54. The minimum atomic E-state index is 0.294. The third-order valence-corrected chi connectivity index (χ3v) is 4.21. The Kier molecular flexibility index (Phi) is 6.07. The molecule has 2 saturated heterocycles. The van der Waals surface area contributed by atoms with Crippen LogP contribution in [0.2, 0.25) is 0 Å². The summed E-state index contributed by atoms with van der Waals surface area (Å²) in [5.74, 6) is 0.294. The van der Waals surface area contributed by atoms with Crippen molar-refractivity contribution in [3.63, 3.8) is 0 Å². The van der Waals surface area contributed by atoms with E-state index in [2.05, 4.69) is 10.2 Å². The highest BCUT2D eigenvalue weighted by molar-refractivity contribution is 5.76. The van der Waals surface area contributed by atoms with Gasteiger partial charge in [0, 0.05) is 58.9 Å². The van der Waals surface area contributed by atoms with Gasteiger partial charge in [-0.3, -0.25) is 4.79 Å². The Hall–Kier alpha value is -0.650. The van der Waals surface area contributed by atoms with E-state index >= 15 is 0 Å². The first-order valence-corrected chi connectivity index (χ1v) is 7.54. The van der Waals surface area contributed by atoms with Crippen molar-refractivity contribution in [2.45, 2.75) is 31.7 Å². The molecule has 0 unspecified atom stereocenters. The number of carbonyl (C=O) groups is 1. The second kappa shape index (κ2) is 7.82. The van der Waals surface area contributed by atoms with Crippen LogP contribution in [0.25, 0.3) is 0 Å². The van der Waals surface area contributed by atoms with E-state index in [-0.39, 0.29) is 0 Å². The van der Waals surface area contributed by atoms with Crippen LogP contribution in [-0.4, -0.2) is 74.7 Å². The lowest BCUT2D eigenvalue weighted by molar-refractivity contribution is -0.133. The van der Waals surface area contributed by atoms with Crippen LogP contribution in [0, 0.1) is 0 Å². The SMILES string of the molecule is CN(C(=O)CCCN1CCNCC1)C1CCOCC1. The zero-order valence-corrected chi connectivity index (χ0v) is 12.1. The Morgan fingerprint density at radius 2 is 2.00 bits per heavy atom. The molecule has 2 rings (SSSR count). The van der Waals surface area contributed by atoms with E-state index in [1.807, 2.05) is 11.9 Å². The molecule has 0 aliphatic carbocycles. The van der Waals surface area contributed by atoms with Crippen molar-refractivity contribution in [3.8, 4) is 0 Å². The summed E-state index contributed by atoms with van der Waals surface area (Å²) in [6.07, 6.45) is 3.63. The Morgan fingerprint density at radius 3 is 2.68 bits per heavy atom. The summed E-state index contributed by atoms with van der Waals surface area (Å²) in [7, 11) is 1.95. The highest BCUT2D eigenvalue weighted by Gasteiger charge is 2.22. The van der Waals surface area contributed by atoms with Crippen LogP contribution in [0.1, 0.15) is 25.7 Å². The van der Waals surface area contributed by atoms with Crippen LogP contribution in [0.5, 0.6) is 0 Å². The number of carbonyl (C=O) groups excluding carboxylic acids is 1. The van der Waals surface area contributed by atoms with E-state index in [1.54, 1.807) is 0 Å². The zero-order valence-electron chi connectivity index (χ0n) is 12.1. The smallest absolute Gasteiger partial charge is 0.222 e. The van der Waals surface area contributed by atoms with Crippen molar-refractivity contribution >= 4 is 5.91 Å². The number of hydrogen-bond donors (Lipinski definition) is 1. The molecule has 5 nitrogen and oxygen atoms in total. The van der Waals surface area contributed by atoms with Gasteiger partial charge in [-0.25, -0.2) is 0 Å². The molecule has 0 aromatic heterocycles. The quantitative estimate of drug-likeness (QED) is 0.780. The lowest BCUT2D eigenvalue weighted by Gasteiger charge is -2.32. The number of hydrogen-bond acceptors (Lipinski definition) is 4. The molecule has 2 heterocycles. The van der Waals surface area contributed by atoms with Gasteiger partial charge in [-0.2, -0.15) is 0 Å². The van der Waals surface area contributed by atoms with Gasteiger partial charge in [-0.05, 0) is 25.8 Å². The summed E-state index contributed by atoms with van der Waals surface area (Å²) in [5.41, 5.74) is 0. The summed E-state index contributed by atoms with van der Waals surface area (Å²) in [6.45, 7) is 7.03. The van der Waals surface area contributed by atoms with Crippen LogP contribution in [-0.2, 0) is 9.53 Å². The molecule has 1 amide bonds. The molecule has 2 aliphatic heterocycles. The summed E-state index contributed by atoms with van der Waals surface area (Å²) in [5, 5.41) is 3.35. The number of rotatable bonds is 5. The van der Waals surface area contributed by atoms with Crippen molar-refractivity contribution < 1.29 is 9.53 Å². The monoisotopic (exact) mass is 269 g/mol. The van der Waals surface area contributed by atoms with E-state index in [4.69, 9.17) is 4.74 Å². The summed E-state index contributed by atoms with van der Waals surface area (Å²) >= 11 is 0. The molecule has 2 aliphatic rings. The van der Waals surface area contributed by atoms with Crippen molar-refractivity contribution in [1.29, 1.82) is 0 Å². The minimum absolute atomic E-state index is 0.294. The maximum absolute atomic E-state index is 12.1. The van der Waals surface area contributed by atoms with E-state index in [0.29, 0.717) is 18.4 Å². The molecule has 110 valence electrons. The molecule has 5 heteroatoms. The molecule has 0 saturated carbocycles. The van der Waals surface area contributed by atoms with E-state index in [9.17, 15) is 4.79 Å². The molecule has 0 bridgehead atoms. The molecule has 0 radical (unpaired) electrons. The lowest BCUT2D eigenvalue weighted by Crippen LogP contribution is -2.44. The normalized spacial score (nSPS) is 22.4. The molecule has 0 aromatic rings. The molecule has 2 fully saturated rings. The average Bonchev–Trinajstić information content (AvgIpc) is 2.48. The van der Waals surface area contributed by atoms with Gasteiger partial charge in [0.15, 0.2) is 0 Å². The largest absolute Gasteiger partial charge is 0.381 e. The predicted molar refractivity (Wildman–Crippen MR) is 75.2 cm³/mol. The fourth-order valence-electron chi connectivity index (χ4n) is 2.84. The molecule has 0 aromatic carbocycles.